The number of benzene rings is 1. The van der Waals surface area contributed by atoms with Crippen molar-refractivity contribution in [3.63, 3.8) is 0 Å². The van der Waals surface area contributed by atoms with Gasteiger partial charge in [-0.3, -0.25) is 0 Å². The molecule has 1 saturated heterocycles. The second-order valence-electron chi connectivity index (χ2n) is 7.91. The van der Waals surface area contributed by atoms with Crippen molar-refractivity contribution >= 4 is 26.0 Å². The van der Waals surface area contributed by atoms with Crippen LogP contribution >= 0.6 is 15.9 Å². The number of hydrogen-bond donors (Lipinski definition) is 0. The highest BCUT2D eigenvalue weighted by atomic mass is 79.9. The lowest BCUT2D eigenvalue weighted by Gasteiger charge is -2.29. The van der Waals surface area contributed by atoms with Gasteiger partial charge in [0.2, 0.25) is 10.0 Å². The SMILES string of the molecule is O=S(=O)(c1ccc(Br)cc1)N(CCN1CCCC1)CC1CC2C=CC1C2. The lowest BCUT2D eigenvalue weighted by atomic mass is 9.94. The zero-order chi connectivity index (χ0) is 18.1. The van der Waals surface area contributed by atoms with E-state index in [1.807, 2.05) is 12.1 Å². The Morgan fingerprint density at radius 3 is 2.42 bits per heavy atom. The van der Waals surface area contributed by atoms with Crippen LogP contribution in [-0.4, -0.2) is 50.3 Å². The van der Waals surface area contributed by atoms with Crippen LogP contribution in [-0.2, 0) is 10.0 Å². The molecule has 3 atom stereocenters. The first kappa shape index (κ1) is 18.7. The smallest absolute Gasteiger partial charge is 0.243 e. The molecule has 6 heteroatoms. The fourth-order valence-corrected chi connectivity index (χ4v) is 6.44. The Morgan fingerprint density at radius 1 is 1.08 bits per heavy atom. The molecule has 26 heavy (non-hydrogen) atoms. The topological polar surface area (TPSA) is 40.6 Å². The summed E-state index contributed by atoms with van der Waals surface area (Å²) < 4.78 is 29.3. The van der Waals surface area contributed by atoms with Crippen LogP contribution in [0, 0.1) is 17.8 Å². The Kier molecular flexibility index (Phi) is 5.56. The second-order valence-corrected chi connectivity index (χ2v) is 10.8. The molecule has 4 rings (SSSR count). The molecule has 1 aromatic carbocycles. The molecule has 0 spiro atoms. The lowest BCUT2D eigenvalue weighted by Crippen LogP contribution is -2.41. The predicted octanol–water partition coefficient (Wildman–Crippen LogP) is 3.75. The molecule has 0 aromatic heterocycles. The molecular weight excluding hydrogens is 412 g/mol. The van der Waals surface area contributed by atoms with Crippen molar-refractivity contribution in [1.82, 2.24) is 9.21 Å². The Hall–Kier alpha value is -0.690. The van der Waals surface area contributed by atoms with Gasteiger partial charge >= 0.3 is 0 Å². The Labute approximate surface area is 165 Å². The monoisotopic (exact) mass is 438 g/mol. The Morgan fingerprint density at radius 2 is 1.81 bits per heavy atom. The number of fused-ring (bicyclic) bond motifs is 2. The van der Waals surface area contributed by atoms with Crippen molar-refractivity contribution in [1.29, 1.82) is 0 Å². The van der Waals surface area contributed by atoms with Crippen molar-refractivity contribution in [2.75, 3.05) is 32.7 Å². The first-order chi connectivity index (χ1) is 12.5. The molecule has 2 fully saturated rings. The summed E-state index contributed by atoms with van der Waals surface area (Å²) in [4.78, 5) is 2.80. The van der Waals surface area contributed by atoms with Crippen LogP contribution < -0.4 is 0 Å². The highest BCUT2D eigenvalue weighted by Gasteiger charge is 2.38. The fourth-order valence-electron chi connectivity index (χ4n) is 4.69. The van der Waals surface area contributed by atoms with Gasteiger partial charge in [-0.1, -0.05) is 28.1 Å². The highest BCUT2D eigenvalue weighted by molar-refractivity contribution is 9.10. The average molecular weight is 439 g/mol. The third-order valence-electron chi connectivity index (χ3n) is 6.17. The molecule has 3 unspecified atom stereocenters. The van der Waals surface area contributed by atoms with E-state index in [0.29, 0.717) is 35.7 Å². The van der Waals surface area contributed by atoms with Gasteiger partial charge in [-0.25, -0.2) is 8.42 Å². The zero-order valence-corrected chi connectivity index (χ0v) is 17.5. The molecule has 1 aliphatic heterocycles. The summed E-state index contributed by atoms with van der Waals surface area (Å²) in [5.41, 5.74) is 0. The molecule has 2 bridgehead atoms. The van der Waals surface area contributed by atoms with E-state index in [1.165, 1.54) is 19.3 Å². The molecule has 0 amide bonds. The lowest BCUT2D eigenvalue weighted by molar-refractivity contribution is 0.263. The van der Waals surface area contributed by atoms with Gasteiger partial charge in [-0.2, -0.15) is 4.31 Å². The van der Waals surface area contributed by atoms with Crippen LogP contribution in [0.4, 0.5) is 0 Å². The van der Waals surface area contributed by atoms with E-state index in [0.717, 1.165) is 30.5 Å². The fraction of sp³-hybridized carbons (Fsp3) is 0.600. The molecule has 4 nitrogen and oxygen atoms in total. The first-order valence-electron chi connectivity index (χ1n) is 9.69. The van der Waals surface area contributed by atoms with Gasteiger partial charge < -0.3 is 4.90 Å². The van der Waals surface area contributed by atoms with E-state index in [1.54, 1.807) is 16.4 Å². The number of halogens is 1. The van der Waals surface area contributed by atoms with Crippen molar-refractivity contribution in [3.8, 4) is 0 Å². The minimum Gasteiger partial charge on any atom is -0.302 e. The van der Waals surface area contributed by atoms with Gasteiger partial charge in [0.1, 0.15) is 0 Å². The standard InChI is InChI=1S/C20H27BrN2O2S/c21-19-5-7-20(8-6-19)26(24,25)23(12-11-22-9-1-2-10-22)15-18-14-16-3-4-17(18)13-16/h3-8,16-18H,1-2,9-15H2. The van der Waals surface area contributed by atoms with Crippen LogP contribution in [0.3, 0.4) is 0 Å². The molecule has 1 aromatic rings. The van der Waals surface area contributed by atoms with E-state index in [4.69, 9.17) is 0 Å². The summed E-state index contributed by atoms with van der Waals surface area (Å²) in [5, 5.41) is 0. The zero-order valence-electron chi connectivity index (χ0n) is 15.1. The largest absolute Gasteiger partial charge is 0.302 e. The quantitative estimate of drug-likeness (QED) is 0.608. The van der Waals surface area contributed by atoms with Gasteiger partial charge in [-0.05, 0) is 80.8 Å². The first-order valence-corrected chi connectivity index (χ1v) is 11.9. The van der Waals surface area contributed by atoms with Crippen molar-refractivity contribution in [2.45, 2.75) is 30.6 Å². The third kappa shape index (κ3) is 3.93. The van der Waals surface area contributed by atoms with E-state index >= 15 is 0 Å². The van der Waals surface area contributed by atoms with E-state index in [2.05, 4.69) is 33.0 Å². The van der Waals surface area contributed by atoms with Crippen LogP contribution in [0.15, 0.2) is 45.8 Å². The predicted molar refractivity (Wildman–Crippen MR) is 107 cm³/mol. The summed E-state index contributed by atoms with van der Waals surface area (Å²) in [6.07, 6.45) is 9.44. The van der Waals surface area contributed by atoms with Gasteiger partial charge in [0.25, 0.3) is 0 Å². The number of nitrogens with zero attached hydrogens (tertiary/aromatic N) is 2. The number of hydrogen-bond acceptors (Lipinski definition) is 3. The summed E-state index contributed by atoms with van der Waals surface area (Å²) in [6.45, 7) is 4.28. The van der Waals surface area contributed by atoms with Gasteiger partial charge in [0.05, 0.1) is 4.90 Å². The molecule has 0 N–H and O–H groups in total. The van der Waals surface area contributed by atoms with Gasteiger partial charge in [-0.15, -0.1) is 0 Å². The summed E-state index contributed by atoms with van der Waals surface area (Å²) in [6, 6.07) is 7.05. The minimum absolute atomic E-state index is 0.404. The maximum Gasteiger partial charge on any atom is 0.243 e. The Bertz CT molecular complexity index is 757. The second kappa shape index (κ2) is 7.74. The molecule has 3 aliphatic rings. The van der Waals surface area contributed by atoms with Crippen molar-refractivity contribution < 1.29 is 8.42 Å². The Balaban J connectivity index is 1.52. The van der Waals surface area contributed by atoms with Crippen LogP contribution in [0.1, 0.15) is 25.7 Å². The number of likely N-dealkylation sites (tertiary alicyclic amines) is 1. The minimum atomic E-state index is -3.45. The molecule has 1 saturated carbocycles. The normalized spacial score (nSPS) is 28.5. The van der Waals surface area contributed by atoms with E-state index < -0.39 is 10.0 Å². The maximum absolute atomic E-state index is 13.3. The maximum atomic E-state index is 13.3. The van der Waals surface area contributed by atoms with Gasteiger partial charge in [0.15, 0.2) is 0 Å². The van der Waals surface area contributed by atoms with Crippen LogP contribution in [0.25, 0.3) is 0 Å². The molecule has 2 aliphatic carbocycles. The number of sulfonamides is 1. The van der Waals surface area contributed by atoms with E-state index in [-0.39, 0.29) is 0 Å². The summed E-state index contributed by atoms with van der Waals surface area (Å²) in [5.74, 6) is 1.70. The molecular formula is C20H27BrN2O2S. The van der Waals surface area contributed by atoms with Gasteiger partial charge in [0, 0.05) is 24.1 Å². The average Bonchev–Trinajstić information content (AvgIpc) is 3.36. The van der Waals surface area contributed by atoms with Crippen LogP contribution in [0.2, 0.25) is 0 Å². The molecule has 142 valence electrons. The number of rotatable bonds is 7. The van der Waals surface area contributed by atoms with Crippen molar-refractivity contribution in [2.24, 2.45) is 17.8 Å². The summed E-state index contributed by atoms with van der Waals surface area (Å²) in [7, 11) is -3.45. The number of allylic oxidation sites excluding steroid dienone is 2. The van der Waals surface area contributed by atoms with E-state index in [9.17, 15) is 8.42 Å². The van der Waals surface area contributed by atoms with Crippen molar-refractivity contribution in [3.05, 3.63) is 40.9 Å². The van der Waals surface area contributed by atoms with Crippen LogP contribution in [0.5, 0.6) is 0 Å². The molecule has 1 heterocycles. The summed E-state index contributed by atoms with van der Waals surface area (Å²) >= 11 is 3.39. The molecule has 0 radical (unpaired) electrons. The highest BCUT2D eigenvalue weighted by Crippen LogP contribution is 2.44. The third-order valence-corrected chi connectivity index (χ3v) is 8.58.